The average Bonchev–Trinajstić information content (AvgIpc) is 2.25. The molecule has 4 atom stereocenters. The second-order valence-electron chi connectivity index (χ2n) is 3.43. The summed E-state index contributed by atoms with van der Waals surface area (Å²) in [6, 6.07) is 0. The summed E-state index contributed by atoms with van der Waals surface area (Å²) in [6.45, 7) is 0.497. The van der Waals surface area contributed by atoms with Gasteiger partial charge in [0.25, 0.3) is 0 Å². The van der Waals surface area contributed by atoms with Crippen molar-refractivity contribution >= 4 is 7.82 Å². The van der Waals surface area contributed by atoms with E-state index in [-0.39, 0.29) is 0 Å². The molecule has 1 fully saturated rings. The highest BCUT2D eigenvalue weighted by atomic mass is 31.2. The minimum atomic E-state index is -4.66. The first-order valence-corrected chi connectivity index (χ1v) is 5.63. The smallest absolute Gasteiger partial charge is 0.387 e. The highest BCUT2D eigenvalue weighted by Crippen LogP contribution is 2.38. The largest absolute Gasteiger partial charge is 0.469 e. The van der Waals surface area contributed by atoms with Crippen LogP contribution in [0.3, 0.4) is 0 Å². The Morgan fingerprint density at radius 3 is 2.33 bits per heavy atom. The average molecular weight is 244 g/mol. The molecule has 0 unspecified atom stereocenters. The zero-order chi connectivity index (χ0) is 11.9. The van der Waals surface area contributed by atoms with Gasteiger partial charge < -0.3 is 29.8 Å². The Morgan fingerprint density at radius 1 is 1.47 bits per heavy atom. The number of hydrogen-bond acceptors (Lipinski definition) is 6. The van der Waals surface area contributed by atoms with Crippen LogP contribution in [0.5, 0.6) is 0 Å². The molecule has 1 saturated heterocycles. The van der Waals surface area contributed by atoms with Gasteiger partial charge in [-0.25, -0.2) is 4.57 Å². The molecule has 0 aromatic heterocycles. The Morgan fingerprint density at radius 2 is 2.00 bits per heavy atom. The number of rotatable bonds is 3. The molecular formula is C6H13O8P. The first-order chi connectivity index (χ1) is 6.63. The summed E-state index contributed by atoms with van der Waals surface area (Å²) in [5.41, 5.74) is 0. The van der Waals surface area contributed by atoms with E-state index in [9.17, 15) is 19.9 Å². The zero-order valence-corrected chi connectivity index (χ0v) is 8.74. The summed E-state index contributed by atoms with van der Waals surface area (Å²) < 4.78 is 19.2. The van der Waals surface area contributed by atoms with Crippen molar-refractivity contribution in [1.82, 2.24) is 0 Å². The Labute approximate surface area is 85.3 Å². The van der Waals surface area contributed by atoms with Gasteiger partial charge >= 0.3 is 7.82 Å². The predicted octanol–water partition coefficient (Wildman–Crippen LogP) is -2.08. The van der Waals surface area contributed by atoms with Crippen molar-refractivity contribution < 1.29 is 38.9 Å². The monoisotopic (exact) mass is 244 g/mol. The predicted molar refractivity (Wildman–Crippen MR) is 45.5 cm³/mol. The lowest BCUT2D eigenvalue weighted by atomic mass is 10.1. The van der Waals surface area contributed by atoms with Crippen LogP contribution < -0.4 is 0 Å². The first-order valence-electron chi connectivity index (χ1n) is 4.10. The van der Waals surface area contributed by atoms with Crippen molar-refractivity contribution in [2.24, 2.45) is 0 Å². The fourth-order valence-corrected chi connectivity index (χ4v) is 1.61. The van der Waals surface area contributed by atoms with Crippen molar-refractivity contribution in [3.63, 3.8) is 0 Å². The molecule has 0 radical (unpaired) electrons. The van der Waals surface area contributed by atoms with E-state index in [1.165, 1.54) is 0 Å². The van der Waals surface area contributed by atoms with Crippen molar-refractivity contribution in [3.8, 4) is 0 Å². The topological polar surface area (TPSA) is 137 Å². The minimum Gasteiger partial charge on any atom is -0.387 e. The molecule has 0 amide bonds. The molecule has 0 aliphatic carbocycles. The van der Waals surface area contributed by atoms with Crippen molar-refractivity contribution in [1.29, 1.82) is 0 Å². The maximum absolute atomic E-state index is 10.3. The fraction of sp³-hybridized carbons (Fsp3) is 1.00. The zero-order valence-electron chi connectivity index (χ0n) is 7.85. The molecule has 1 aliphatic heterocycles. The highest BCUT2D eigenvalue weighted by Gasteiger charge is 2.50. The first kappa shape index (κ1) is 13.0. The number of ether oxygens (including phenoxy) is 1. The SMILES string of the molecule is C[C@@]1(O)O[C@H](COP(=O)(O)O)[C@@H](O)[C@@H]1O. The van der Waals surface area contributed by atoms with E-state index in [2.05, 4.69) is 4.52 Å². The van der Waals surface area contributed by atoms with Gasteiger partial charge in [-0.3, -0.25) is 4.52 Å². The van der Waals surface area contributed by atoms with E-state index in [4.69, 9.17) is 14.5 Å². The molecule has 0 aromatic carbocycles. The van der Waals surface area contributed by atoms with Gasteiger partial charge in [-0.1, -0.05) is 0 Å². The van der Waals surface area contributed by atoms with Crippen molar-refractivity contribution in [2.75, 3.05) is 6.61 Å². The molecule has 0 aromatic rings. The van der Waals surface area contributed by atoms with Gasteiger partial charge in [0.1, 0.15) is 18.3 Å². The van der Waals surface area contributed by atoms with E-state index in [0.717, 1.165) is 6.92 Å². The molecule has 1 heterocycles. The fourth-order valence-electron chi connectivity index (χ4n) is 1.27. The molecule has 1 rings (SSSR count). The Hall–Kier alpha value is -0.0500. The molecule has 90 valence electrons. The van der Waals surface area contributed by atoms with E-state index in [0.29, 0.717) is 0 Å². The lowest BCUT2D eigenvalue weighted by molar-refractivity contribution is -0.217. The van der Waals surface area contributed by atoms with Gasteiger partial charge in [-0.15, -0.1) is 0 Å². The van der Waals surface area contributed by atoms with Crippen LogP contribution in [0.25, 0.3) is 0 Å². The van der Waals surface area contributed by atoms with Gasteiger partial charge in [0.15, 0.2) is 5.79 Å². The van der Waals surface area contributed by atoms with E-state index >= 15 is 0 Å². The number of phosphoric acid groups is 1. The molecule has 1 aliphatic rings. The summed E-state index contributed by atoms with van der Waals surface area (Å²) in [5, 5.41) is 27.9. The van der Waals surface area contributed by atoms with Crippen LogP contribution in [-0.2, 0) is 13.8 Å². The van der Waals surface area contributed by atoms with Crippen LogP contribution in [0.15, 0.2) is 0 Å². The molecule has 0 spiro atoms. The number of hydrogen-bond donors (Lipinski definition) is 5. The highest BCUT2D eigenvalue weighted by molar-refractivity contribution is 7.46. The Kier molecular flexibility index (Phi) is 3.54. The van der Waals surface area contributed by atoms with Gasteiger partial charge in [-0.05, 0) is 6.92 Å². The van der Waals surface area contributed by atoms with Crippen LogP contribution in [0, 0.1) is 0 Å². The minimum absolute atomic E-state index is 0.626. The van der Waals surface area contributed by atoms with Gasteiger partial charge in [0, 0.05) is 0 Å². The summed E-state index contributed by atoms with van der Waals surface area (Å²) in [6.07, 6.45) is -4.21. The van der Waals surface area contributed by atoms with Gasteiger partial charge in [-0.2, -0.15) is 0 Å². The lowest BCUT2D eigenvalue weighted by Gasteiger charge is -2.19. The summed E-state index contributed by atoms with van der Waals surface area (Å²) in [7, 11) is -4.66. The molecule has 5 N–H and O–H groups in total. The number of phosphoric ester groups is 1. The van der Waals surface area contributed by atoms with Gasteiger partial charge in [0.2, 0.25) is 0 Å². The van der Waals surface area contributed by atoms with Crippen molar-refractivity contribution in [2.45, 2.75) is 31.0 Å². The van der Waals surface area contributed by atoms with Gasteiger partial charge in [0.05, 0.1) is 6.61 Å². The lowest BCUT2D eigenvalue weighted by Crippen LogP contribution is -2.40. The number of aliphatic hydroxyl groups is 3. The third kappa shape index (κ3) is 3.20. The van der Waals surface area contributed by atoms with Crippen LogP contribution in [0.2, 0.25) is 0 Å². The maximum Gasteiger partial charge on any atom is 0.469 e. The van der Waals surface area contributed by atoms with E-state index < -0.39 is 38.5 Å². The molecule has 15 heavy (non-hydrogen) atoms. The Balaban J connectivity index is 2.56. The molecule has 9 heteroatoms. The molecule has 8 nitrogen and oxygen atoms in total. The Bertz CT molecular complexity index is 272. The second-order valence-corrected chi connectivity index (χ2v) is 4.67. The standard InChI is InChI=1S/C6H13O8P/c1-6(9)5(8)4(7)3(14-6)2-13-15(10,11)12/h3-5,7-9H,2H2,1H3,(H2,10,11,12)/t3-,4-,5+,6-/m1/s1. The van der Waals surface area contributed by atoms with E-state index in [1.807, 2.05) is 0 Å². The van der Waals surface area contributed by atoms with Crippen LogP contribution >= 0.6 is 7.82 Å². The van der Waals surface area contributed by atoms with E-state index in [1.54, 1.807) is 0 Å². The third-order valence-corrected chi connectivity index (χ3v) is 2.54. The van der Waals surface area contributed by atoms with Crippen molar-refractivity contribution in [3.05, 3.63) is 0 Å². The molecule has 0 saturated carbocycles. The third-order valence-electron chi connectivity index (χ3n) is 2.05. The summed E-state index contributed by atoms with van der Waals surface area (Å²) in [4.78, 5) is 16.8. The normalized spacial score (nSPS) is 42.1. The van der Waals surface area contributed by atoms with Crippen LogP contribution in [0.4, 0.5) is 0 Å². The molecule has 0 bridgehead atoms. The summed E-state index contributed by atoms with van der Waals surface area (Å²) >= 11 is 0. The quantitative estimate of drug-likeness (QED) is 0.357. The molecular weight excluding hydrogens is 231 g/mol. The maximum atomic E-state index is 10.3. The second kappa shape index (κ2) is 4.08. The number of aliphatic hydroxyl groups excluding tert-OH is 2. The van der Waals surface area contributed by atoms with Crippen LogP contribution in [0.1, 0.15) is 6.92 Å². The van der Waals surface area contributed by atoms with Crippen LogP contribution in [-0.4, -0.2) is 55.8 Å². The summed E-state index contributed by atoms with van der Waals surface area (Å²) in [5.74, 6) is -1.96.